The number of halogens is 2. The Labute approximate surface area is 159 Å². The highest BCUT2D eigenvalue weighted by atomic mass is 36.0. The average Bonchev–Trinajstić information content (AvgIpc) is 2.92. The van der Waals surface area contributed by atoms with Crippen LogP contribution in [0.5, 0.6) is 0 Å². The predicted octanol–water partition coefficient (Wildman–Crippen LogP) is 8.23. The molecule has 3 atom stereocenters. The van der Waals surface area contributed by atoms with Gasteiger partial charge in [0.15, 0.2) is 0 Å². The molecule has 2 aliphatic carbocycles. The predicted molar refractivity (Wildman–Crippen MR) is 114 cm³/mol. The summed E-state index contributed by atoms with van der Waals surface area (Å²) in [6.45, 7) is 8.87. The third-order valence-corrected chi connectivity index (χ3v) is 9.77. The molecule has 3 unspecified atom stereocenters. The van der Waals surface area contributed by atoms with Crippen molar-refractivity contribution in [1.29, 1.82) is 0 Å². The highest BCUT2D eigenvalue weighted by Crippen LogP contribution is 2.71. The van der Waals surface area contributed by atoms with E-state index in [4.69, 9.17) is 21.4 Å². The van der Waals surface area contributed by atoms with Gasteiger partial charge in [-0.15, -0.1) is 0 Å². The van der Waals surface area contributed by atoms with Gasteiger partial charge >= 0.3 is 0 Å². The third kappa shape index (κ3) is 4.74. The summed E-state index contributed by atoms with van der Waals surface area (Å²) in [7, 11) is 12.3. The van der Waals surface area contributed by atoms with Crippen molar-refractivity contribution in [2.24, 2.45) is 5.92 Å². The second kappa shape index (κ2) is 9.01. The largest absolute Gasteiger partial charge is 0.0802 e. The van der Waals surface area contributed by atoms with Crippen LogP contribution in [0.3, 0.4) is 0 Å². The van der Waals surface area contributed by atoms with Gasteiger partial charge in [-0.25, -0.2) is 0 Å². The Morgan fingerprint density at radius 3 is 2.25 bits per heavy atom. The van der Waals surface area contributed by atoms with Crippen molar-refractivity contribution in [3.05, 3.63) is 47.1 Å². The summed E-state index contributed by atoms with van der Waals surface area (Å²) >= 11 is 0. The zero-order chi connectivity index (χ0) is 17.7. The number of allylic oxidation sites excluding steroid dienone is 4. The number of rotatable bonds is 8. The van der Waals surface area contributed by atoms with Gasteiger partial charge in [0.05, 0.1) is 10.5 Å². The topological polar surface area (TPSA) is 0 Å². The molecule has 0 saturated carbocycles. The van der Waals surface area contributed by atoms with Gasteiger partial charge in [-0.1, -0.05) is 88.7 Å². The van der Waals surface area contributed by atoms with Crippen LogP contribution in [0.2, 0.25) is 0 Å². The van der Waals surface area contributed by atoms with E-state index in [1.165, 1.54) is 48.8 Å². The van der Waals surface area contributed by atoms with Crippen molar-refractivity contribution in [2.75, 3.05) is 0 Å². The molecule has 2 aliphatic rings. The van der Waals surface area contributed by atoms with Crippen LogP contribution < -0.4 is 0 Å². The maximum atomic E-state index is 7.03. The fourth-order valence-electron chi connectivity index (χ4n) is 3.64. The molecule has 0 aromatic heterocycles. The van der Waals surface area contributed by atoms with Crippen LogP contribution in [-0.2, 0) is 0 Å². The van der Waals surface area contributed by atoms with Crippen molar-refractivity contribution in [2.45, 2.75) is 76.7 Å². The maximum absolute atomic E-state index is 7.03. The quantitative estimate of drug-likeness (QED) is 0.368. The van der Waals surface area contributed by atoms with Gasteiger partial charge in [-0.05, 0) is 60.4 Å². The highest BCUT2D eigenvalue weighted by Gasteiger charge is 2.39. The molecule has 0 aromatic carbocycles. The number of hydrogen-bond donors (Lipinski definition) is 0. The SMILES string of the molecule is CCCCC1=CC(S(Cl)(Cl)C2C=CC(CCCC)C=C2C)C(C)=C1. The normalized spacial score (nSPS) is 27.8. The molecule has 24 heavy (non-hydrogen) atoms. The van der Waals surface area contributed by atoms with Gasteiger partial charge < -0.3 is 0 Å². The van der Waals surface area contributed by atoms with Crippen LogP contribution in [-0.4, -0.2) is 10.5 Å². The molecule has 0 aromatic rings. The van der Waals surface area contributed by atoms with Crippen LogP contribution in [0.1, 0.15) is 66.2 Å². The fourth-order valence-corrected chi connectivity index (χ4v) is 8.10. The summed E-state index contributed by atoms with van der Waals surface area (Å²) in [4.78, 5) is 0. The first kappa shape index (κ1) is 20.2. The third-order valence-electron chi connectivity index (χ3n) is 5.07. The molecular formula is C21H32Cl2S. The minimum atomic E-state index is -1.82. The molecule has 0 N–H and O–H groups in total. The fraction of sp³-hybridized carbons (Fsp3) is 0.619. The molecule has 0 amide bonds. The number of hydrogen-bond acceptors (Lipinski definition) is 0. The molecule has 0 fully saturated rings. The molecule has 136 valence electrons. The molecule has 3 heteroatoms. The standard InChI is InChI=1S/C21H32Cl2S/c1-5-7-9-18-11-12-20(16(3)13-18)24(22,23)21-15-19(10-8-6-2)14-17(21)4/h11-15,18,20-21H,5-10H2,1-4H3. The van der Waals surface area contributed by atoms with Crippen LogP contribution in [0.4, 0.5) is 0 Å². The molecular weight excluding hydrogens is 355 g/mol. The van der Waals surface area contributed by atoms with Crippen molar-refractivity contribution < 1.29 is 0 Å². The van der Waals surface area contributed by atoms with Crippen LogP contribution in [0, 0.1) is 5.92 Å². The van der Waals surface area contributed by atoms with E-state index in [0.29, 0.717) is 5.92 Å². The van der Waals surface area contributed by atoms with Gasteiger partial charge in [-0.2, -0.15) is 0 Å². The minimum Gasteiger partial charge on any atom is -0.0802 e. The molecule has 0 heterocycles. The van der Waals surface area contributed by atoms with Crippen LogP contribution in [0.25, 0.3) is 0 Å². The molecule has 0 saturated heterocycles. The Morgan fingerprint density at radius 2 is 1.62 bits per heavy atom. The van der Waals surface area contributed by atoms with Gasteiger partial charge in [0.2, 0.25) is 0 Å². The monoisotopic (exact) mass is 386 g/mol. The zero-order valence-corrected chi connectivity index (χ0v) is 17.9. The summed E-state index contributed by atoms with van der Waals surface area (Å²) in [6.07, 6.45) is 19.0. The molecule has 0 bridgehead atoms. The smallest absolute Gasteiger partial charge is 0.0548 e. The Kier molecular flexibility index (Phi) is 7.59. The van der Waals surface area contributed by atoms with Gasteiger partial charge in [0, 0.05) is 0 Å². The number of unbranched alkanes of at least 4 members (excludes halogenated alkanes) is 2. The van der Waals surface area contributed by atoms with E-state index in [-0.39, 0.29) is 10.5 Å². The van der Waals surface area contributed by atoms with E-state index in [1.54, 1.807) is 0 Å². The molecule has 0 nitrogen and oxygen atoms in total. The Hall–Kier alpha value is -0.110. The minimum absolute atomic E-state index is 0.175. The Bertz CT molecular complexity index is 554. The molecule has 2 rings (SSSR count). The first-order valence-corrected chi connectivity index (χ1v) is 12.8. The highest BCUT2D eigenvalue weighted by molar-refractivity contribution is 8.67. The van der Waals surface area contributed by atoms with Crippen LogP contribution >= 0.6 is 29.8 Å². The summed E-state index contributed by atoms with van der Waals surface area (Å²) < 4.78 is 0. The average molecular weight is 387 g/mol. The van der Waals surface area contributed by atoms with Gasteiger partial charge in [0.1, 0.15) is 0 Å². The molecule has 0 aliphatic heterocycles. The van der Waals surface area contributed by atoms with Crippen LogP contribution in [0.15, 0.2) is 47.1 Å². The van der Waals surface area contributed by atoms with E-state index < -0.39 is 8.46 Å². The van der Waals surface area contributed by atoms with E-state index in [2.05, 4.69) is 58.1 Å². The summed E-state index contributed by atoms with van der Waals surface area (Å²) in [6, 6.07) is 0. The lowest BCUT2D eigenvalue weighted by atomic mass is 9.93. The van der Waals surface area contributed by atoms with E-state index in [0.717, 1.165) is 6.42 Å². The Balaban J connectivity index is 2.12. The lowest BCUT2D eigenvalue weighted by molar-refractivity contribution is 0.633. The summed E-state index contributed by atoms with van der Waals surface area (Å²) in [5.41, 5.74) is 4.09. The van der Waals surface area contributed by atoms with Crippen molar-refractivity contribution in [3.63, 3.8) is 0 Å². The summed E-state index contributed by atoms with van der Waals surface area (Å²) in [5, 5.41) is 0.367. The van der Waals surface area contributed by atoms with Gasteiger partial charge in [0.25, 0.3) is 0 Å². The first-order valence-electron chi connectivity index (χ1n) is 9.35. The van der Waals surface area contributed by atoms with E-state index in [9.17, 15) is 0 Å². The lowest BCUT2D eigenvalue weighted by Gasteiger charge is -2.40. The first-order chi connectivity index (χ1) is 11.4. The van der Waals surface area contributed by atoms with E-state index >= 15 is 0 Å². The molecule has 0 spiro atoms. The van der Waals surface area contributed by atoms with E-state index in [1.807, 2.05) is 0 Å². The second-order valence-electron chi connectivity index (χ2n) is 7.23. The zero-order valence-electron chi connectivity index (χ0n) is 15.5. The Morgan fingerprint density at radius 1 is 0.917 bits per heavy atom. The van der Waals surface area contributed by atoms with Crippen molar-refractivity contribution >= 4 is 29.8 Å². The van der Waals surface area contributed by atoms with Crippen molar-refractivity contribution in [3.8, 4) is 0 Å². The van der Waals surface area contributed by atoms with Gasteiger partial charge in [-0.3, -0.25) is 0 Å². The van der Waals surface area contributed by atoms with Crippen molar-refractivity contribution in [1.82, 2.24) is 0 Å². The lowest BCUT2D eigenvalue weighted by Crippen LogP contribution is -2.22. The summed E-state index contributed by atoms with van der Waals surface area (Å²) in [5.74, 6) is 0.556. The second-order valence-corrected chi connectivity index (χ2v) is 12.9. The maximum Gasteiger partial charge on any atom is 0.0548 e. The molecule has 0 radical (unpaired) electrons.